The summed E-state index contributed by atoms with van der Waals surface area (Å²) in [5.41, 5.74) is 1.76. The van der Waals surface area contributed by atoms with Crippen LogP contribution in [-0.2, 0) is 19.0 Å². The summed E-state index contributed by atoms with van der Waals surface area (Å²) in [6, 6.07) is 0. The average molecular weight is 228 g/mol. The van der Waals surface area contributed by atoms with Crippen LogP contribution in [0.2, 0.25) is 0 Å². The summed E-state index contributed by atoms with van der Waals surface area (Å²) in [6.45, 7) is 0. The number of hydrogen-bond acceptors (Lipinski definition) is 3. The van der Waals surface area contributed by atoms with Crippen molar-refractivity contribution in [3.8, 4) is 0 Å². The number of rotatable bonds is 0. The van der Waals surface area contributed by atoms with Crippen molar-refractivity contribution >= 4 is 5.78 Å². The first-order valence-corrected chi connectivity index (χ1v) is 4.86. The number of nitrogens with zero attached hydrogens (tertiary/aromatic N) is 4. The number of hydrogen-bond donors (Lipinski definition) is 0. The molecule has 0 unspecified atom stereocenters. The standard InChI is InChI=1S/C9H7F3N4/c10-9(11,12)7-14-8-13-4-5-2-1-3-6(5)16(8)15-7/h4H,1-3H2. The first kappa shape index (κ1) is 9.56. The van der Waals surface area contributed by atoms with Gasteiger partial charge in [-0.3, -0.25) is 0 Å². The van der Waals surface area contributed by atoms with Gasteiger partial charge < -0.3 is 0 Å². The largest absolute Gasteiger partial charge is 0.453 e. The molecule has 3 rings (SSSR count). The molecule has 1 aliphatic rings. The van der Waals surface area contributed by atoms with Crippen molar-refractivity contribution in [3.63, 3.8) is 0 Å². The topological polar surface area (TPSA) is 43.1 Å². The highest BCUT2D eigenvalue weighted by molar-refractivity contribution is 5.35. The predicted molar refractivity (Wildman–Crippen MR) is 47.8 cm³/mol. The van der Waals surface area contributed by atoms with Crippen LogP contribution >= 0.6 is 0 Å². The van der Waals surface area contributed by atoms with Gasteiger partial charge in [0.1, 0.15) is 0 Å². The Bertz CT molecular complexity index is 558. The van der Waals surface area contributed by atoms with Gasteiger partial charge in [-0.25, -0.2) is 9.50 Å². The second-order valence-electron chi connectivity index (χ2n) is 3.73. The highest BCUT2D eigenvalue weighted by Gasteiger charge is 2.37. The molecule has 0 spiro atoms. The zero-order chi connectivity index (χ0) is 11.3. The fourth-order valence-electron chi connectivity index (χ4n) is 1.96. The molecule has 0 amide bonds. The van der Waals surface area contributed by atoms with Gasteiger partial charge >= 0.3 is 6.18 Å². The summed E-state index contributed by atoms with van der Waals surface area (Å²) in [7, 11) is 0. The van der Waals surface area contributed by atoms with Crippen molar-refractivity contribution in [1.82, 2.24) is 19.6 Å². The maximum absolute atomic E-state index is 12.4. The van der Waals surface area contributed by atoms with Crippen molar-refractivity contribution in [2.24, 2.45) is 0 Å². The molecule has 2 aromatic rings. The quantitative estimate of drug-likeness (QED) is 0.688. The van der Waals surface area contributed by atoms with Gasteiger partial charge in [-0.2, -0.15) is 18.2 Å². The van der Waals surface area contributed by atoms with E-state index in [0.29, 0.717) is 0 Å². The lowest BCUT2D eigenvalue weighted by Gasteiger charge is -1.99. The molecule has 0 saturated carbocycles. The van der Waals surface area contributed by atoms with E-state index in [4.69, 9.17) is 0 Å². The summed E-state index contributed by atoms with van der Waals surface area (Å²) in [4.78, 5) is 7.25. The van der Waals surface area contributed by atoms with Gasteiger partial charge in [0.2, 0.25) is 0 Å². The van der Waals surface area contributed by atoms with E-state index in [1.165, 1.54) is 4.52 Å². The van der Waals surface area contributed by atoms with Gasteiger partial charge in [-0.05, 0) is 24.8 Å². The van der Waals surface area contributed by atoms with Crippen LogP contribution in [0.3, 0.4) is 0 Å². The Balaban J connectivity index is 2.26. The van der Waals surface area contributed by atoms with Gasteiger partial charge in [0, 0.05) is 6.20 Å². The fourth-order valence-corrected chi connectivity index (χ4v) is 1.96. The van der Waals surface area contributed by atoms with Crippen LogP contribution in [0, 0.1) is 0 Å². The molecular formula is C9H7F3N4. The lowest BCUT2D eigenvalue weighted by atomic mass is 10.3. The highest BCUT2D eigenvalue weighted by Crippen LogP contribution is 2.28. The normalized spacial score (nSPS) is 15.7. The van der Waals surface area contributed by atoms with Crippen molar-refractivity contribution in [2.75, 3.05) is 0 Å². The first-order chi connectivity index (χ1) is 7.55. The Morgan fingerprint density at radius 1 is 1.25 bits per heavy atom. The summed E-state index contributed by atoms with van der Waals surface area (Å²) < 4.78 is 38.4. The zero-order valence-electron chi connectivity index (χ0n) is 8.12. The molecule has 2 aromatic heterocycles. The monoisotopic (exact) mass is 228 g/mol. The molecule has 84 valence electrons. The molecule has 0 N–H and O–H groups in total. The zero-order valence-corrected chi connectivity index (χ0v) is 8.12. The van der Waals surface area contributed by atoms with Crippen LogP contribution in [0.25, 0.3) is 5.78 Å². The Labute approximate surface area is 88.1 Å². The molecular weight excluding hydrogens is 221 g/mol. The summed E-state index contributed by atoms with van der Waals surface area (Å²) >= 11 is 0. The van der Waals surface area contributed by atoms with Gasteiger partial charge in [0.25, 0.3) is 11.6 Å². The molecule has 4 nitrogen and oxygen atoms in total. The number of alkyl halides is 3. The first-order valence-electron chi connectivity index (χ1n) is 4.86. The van der Waals surface area contributed by atoms with E-state index in [-0.39, 0.29) is 5.78 Å². The van der Waals surface area contributed by atoms with E-state index < -0.39 is 12.0 Å². The SMILES string of the molecule is FC(F)(F)c1nc2ncc3c(n2n1)CCC3. The lowest BCUT2D eigenvalue weighted by molar-refractivity contribution is -0.144. The lowest BCUT2D eigenvalue weighted by Crippen LogP contribution is -2.08. The van der Waals surface area contributed by atoms with Crippen LogP contribution in [-0.4, -0.2) is 19.6 Å². The van der Waals surface area contributed by atoms with Crippen LogP contribution in [0.15, 0.2) is 6.20 Å². The third-order valence-corrected chi connectivity index (χ3v) is 2.67. The number of aromatic nitrogens is 4. The molecule has 0 radical (unpaired) electrons. The third kappa shape index (κ3) is 1.27. The third-order valence-electron chi connectivity index (χ3n) is 2.67. The summed E-state index contributed by atoms with van der Waals surface area (Å²) in [5.74, 6) is -1.10. The van der Waals surface area contributed by atoms with E-state index in [9.17, 15) is 13.2 Å². The van der Waals surface area contributed by atoms with Gasteiger partial charge in [-0.15, -0.1) is 5.10 Å². The molecule has 0 aliphatic heterocycles. The predicted octanol–water partition coefficient (Wildman–Crippen LogP) is 1.63. The minimum atomic E-state index is -4.51. The molecule has 7 heteroatoms. The van der Waals surface area contributed by atoms with Crippen LogP contribution in [0.1, 0.15) is 23.5 Å². The molecule has 0 fully saturated rings. The average Bonchev–Trinajstić information content (AvgIpc) is 2.81. The molecule has 0 atom stereocenters. The molecule has 0 saturated heterocycles. The van der Waals surface area contributed by atoms with E-state index in [0.717, 1.165) is 30.5 Å². The van der Waals surface area contributed by atoms with Gasteiger partial charge in [-0.1, -0.05) is 0 Å². The highest BCUT2D eigenvalue weighted by atomic mass is 19.4. The Kier molecular flexibility index (Phi) is 1.75. The minimum absolute atomic E-state index is 0.0213. The van der Waals surface area contributed by atoms with Gasteiger partial charge in [0.05, 0.1) is 5.69 Å². The summed E-state index contributed by atoms with van der Waals surface area (Å²) in [5, 5.41) is 3.47. The van der Waals surface area contributed by atoms with Crippen molar-refractivity contribution in [3.05, 3.63) is 23.3 Å². The maximum atomic E-state index is 12.4. The second-order valence-corrected chi connectivity index (χ2v) is 3.73. The van der Waals surface area contributed by atoms with E-state index >= 15 is 0 Å². The Hall–Kier alpha value is -1.66. The molecule has 2 heterocycles. The van der Waals surface area contributed by atoms with Crippen LogP contribution in [0.4, 0.5) is 13.2 Å². The maximum Gasteiger partial charge on any atom is 0.453 e. The van der Waals surface area contributed by atoms with Crippen LogP contribution < -0.4 is 0 Å². The van der Waals surface area contributed by atoms with Crippen molar-refractivity contribution in [1.29, 1.82) is 0 Å². The smallest absolute Gasteiger partial charge is 0.219 e. The molecule has 0 aromatic carbocycles. The Morgan fingerprint density at radius 3 is 2.81 bits per heavy atom. The van der Waals surface area contributed by atoms with Gasteiger partial charge in [0.15, 0.2) is 0 Å². The van der Waals surface area contributed by atoms with Crippen LogP contribution in [0.5, 0.6) is 0 Å². The molecule has 16 heavy (non-hydrogen) atoms. The number of halogens is 3. The molecule has 0 bridgehead atoms. The van der Waals surface area contributed by atoms with E-state index in [1.54, 1.807) is 6.20 Å². The summed E-state index contributed by atoms with van der Waals surface area (Å²) in [6.07, 6.45) is -0.419. The Morgan fingerprint density at radius 2 is 2.06 bits per heavy atom. The second kappa shape index (κ2) is 2.93. The number of aryl methyl sites for hydroxylation is 2. The number of fused-ring (bicyclic) bond motifs is 3. The van der Waals surface area contributed by atoms with Crippen molar-refractivity contribution < 1.29 is 13.2 Å². The fraction of sp³-hybridized carbons (Fsp3) is 0.444. The van der Waals surface area contributed by atoms with E-state index in [1.807, 2.05) is 0 Å². The van der Waals surface area contributed by atoms with Crippen molar-refractivity contribution in [2.45, 2.75) is 25.4 Å². The molecule has 1 aliphatic carbocycles. The minimum Gasteiger partial charge on any atom is -0.219 e. The van der Waals surface area contributed by atoms with E-state index in [2.05, 4.69) is 15.1 Å².